The van der Waals surface area contributed by atoms with Gasteiger partial charge >= 0.3 is 5.97 Å². The zero-order chi connectivity index (χ0) is 16.5. The van der Waals surface area contributed by atoms with Crippen LogP contribution in [0.15, 0.2) is 0 Å². The van der Waals surface area contributed by atoms with Gasteiger partial charge in [-0.05, 0) is 25.5 Å². The van der Waals surface area contributed by atoms with E-state index in [1.54, 1.807) is 6.92 Å². The Morgan fingerprint density at radius 2 is 1.86 bits per heavy atom. The molecular weight excluding hydrogens is 315 g/mol. The summed E-state index contributed by atoms with van der Waals surface area (Å²) in [5, 5.41) is -0.522. The van der Waals surface area contributed by atoms with Crippen molar-refractivity contribution in [3.05, 3.63) is 0 Å². The summed E-state index contributed by atoms with van der Waals surface area (Å²) in [6.07, 6.45) is -6.63. The van der Waals surface area contributed by atoms with Gasteiger partial charge in [0.1, 0.15) is 0 Å². The minimum atomic E-state index is -4.04. The van der Waals surface area contributed by atoms with Crippen molar-refractivity contribution >= 4 is 17.7 Å². The summed E-state index contributed by atoms with van der Waals surface area (Å²) in [6.45, 7) is 3.84. The molecule has 0 radical (unpaired) electrons. The van der Waals surface area contributed by atoms with Crippen molar-refractivity contribution in [3.8, 4) is 0 Å². The highest BCUT2D eigenvalue weighted by Crippen LogP contribution is 2.31. The lowest BCUT2D eigenvalue weighted by molar-refractivity contribution is -0.142. The highest BCUT2D eigenvalue weighted by Gasteiger charge is 2.45. The fourth-order valence-electron chi connectivity index (χ4n) is 1.39. The van der Waals surface area contributed by atoms with Gasteiger partial charge in [-0.2, -0.15) is 0 Å². The molecular formula is C13H21F5O2S. The van der Waals surface area contributed by atoms with Crippen molar-refractivity contribution in [2.45, 2.75) is 63.3 Å². The zero-order valence-corrected chi connectivity index (χ0v) is 12.9. The molecule has 0 amide bonds. The first-order valence-corrected chi connectivity index (χ1v) is 7.85. The maximum Gasteiger partial charge on any atom is 0.318 e. The third kappa shape index (κ3) is 8.48. The number of carbonyl (C=O) groups excluding carboxylic acids is 1. The van der Waals surface area contributed by atoms with Crippen LogP contribution < -0.4 is 0 Å². The molecule has 2 nitrogen and oxygen atoms in total. The summed E-state index contributed by atoms with van der Waals surface area (Å²) in [5.41, 5.74) is 0. The molecule has 0 aliphatic carbocycles. The third-order valence-electron chi connectivity index (χ3n) is 2.72. The van der Waals surface area contributed by atoms with Crippen LogP contribution in [0.5, 0.6) is 0 Å². The highest BCUT2D eigenvalue weighted by atomic mass is 32.2. The first kappa shape index (κ1) is 20.5. The highest BCUT2D eigenvalue weighted by molar-refractivity contribution is 8.00. The molecule has 0 aromatic rings. The van der Waals surface area contributed by atoms with Gasteiger partial charge in [-0.15, -0.1) is 11.8 Å². The van der Waals surface area contributed by atoms with Crippen LogP contribution in [0.1, 0.15) is 39.5 Å². The van der Waals surface area contributed by atoms with Crippen LogP contribution in [0.2, 0.25) is 0 Å². The van der Waals surface area contributed by atoms with Crippen molar-refractivity contribution in [2.24, 2.45) is 0 Å². The van der Waals surface area contributed by atoms with Gasteiger partial charge in [-0.25, -0.2) is 22.0 Å². The van der Waals surface area contributed by atoms with E-state index < -0.39 is 36.2 Å². The smallest absolute Gasteiger partial charge is 0.318 e. The van der Waals surface area contributed by atoms with Gasteiger partial charge in [0, 0.05) is 6.42 Å². The van der Waals surface area contributed by atoms with Crippen molar-refractivity contribution in [2.75, 3.05) is 12.4 Å². The number of halogens is 5. The molecule has 0 N–H and O–H groups in total. The summed E-state index contributed by atoms with van der Waals surface area (Å²) in [6, 6.07) is 0. The quantitative estimate of drug-likeness (QED) is 0.316. The molecule has 0 aromatic heterocycles. The Kier molecular flexibility index (Phi) is 9.98. The minimum Gasteiger partial charge on any atom is -0.465 e. The molecule has 2 unspecified atom stereocenters. The Hall–Kier alpha value is -0.530. The van der Waals surface area contributed by atoms with Gasteiger partial charge in [-0.1, -0.05) is 13.3 Å². The average molecular weight is 336 g/mol. The molecule has 0 aromatic carbocycles. The number of hydrogen-bond acceptors (Lipinski definition) is 3. The summed E-state index contributed by atoms with van der Waals surface area (Å²) < 4.78 is 67.3. The van der Waals surface area contributed by atoms with Crippen LogP contribution in [0.25, 0.3) is 0 Å². The van der Waals surface area contributed by atoms with E-state index in [9.17, 15) is 26.7 Å². The second-order valence-corrected chi connectivity index (χ2v) is 6.08. The maximum absolute atomic E-state index is 13.0. The Labute approximate surface area is 125 Å². The summed E-state index contributed by atoms with van der Waals surface area (Å²) >= 11 is 1.09. The van der Waals surface area contributed by atoms with E-state index in [1.165, 1.54) is 0 Å². The lowest BCUT2D eigenvalue weighted by Gasteiger charge is -2.20. The largest absolute Gasteiger partial charge is 0.465 e. The van der Waals surface area contributed by atoms with E-state index in [4.69, 9.17) is 4.74 Å². The Morgan fingerprint density at radius 3 is 2.38 bits per heavy atom. The number of alkyl halides is 5. The summed E-state index contributed by atoms with van der Waals surface area (Å²) in [4.78, 5) is 11.5. The Balaban J connectivity index is 3.91. The zero-order valence-electron chi connectivity index (χ0n) is 12.1. The number of esters is 1. The molecule has 0 saturated carbocycles. The molecule has 0 bridgehead atoms. The van der Waals surface area contributed by atoms with Crippen LogP contribution in [0, 0.1) is 0 Å². The molecule has 2 atom stereocenters. The van der Waals surface area contributed by atoms with Crippen LogP contribution >= 0.6 is 11.8 Å². The van der Waals surface area contributed by atoms with Crippen molar-refractivity contribution in [1.82, 2.24) is 0 Å². The van der Waals surface area contributed by atoms with Crippen LogP contribution in [-0.2, 0) is 9.53 Å². The van der Waals surface area contributed by atoms with Gasteiger partial charge in [-0.3, -0.25) is 4.79 Å². The third-order valence-corrected chi connectivity index (χ3v) is 3.94. The van der Waals surface area contributed by atoms with Gasteiger partial charge in [0.2, 0.25) is 6.17 Å². The number of carbonyl (C=O) groups is 1. The van der Waals surface area contributed by atoms with Crippen molar-refractivity contribution in [3.63, 3.8) is 0 Å². The van der Waals surface area contributed by atoms with Crippen molar-refractivity contribution in [1.29, 1.82) is 0 Å². The van der Waals surface area contributed by atoms with Gasteiger partial charge < -0.3 is 4.74 Å². The molecule has 126 valence electrons. The predicted molar refractivity (Wildman–Crippen MR) is 72.9 cm³/mol. The fourth-order valence-corrected chi connectivity index (χ4v) is 2.26. The SMILES string of the molecule is CCCCOC(=O)C(C)SCCCC(F)(F)C(F)C(F)F. The molecule has 0 spiro atoms. The molecule has 0 saturated heterocycles. The summed E-state index contributed by atoms with van der Waals surface area (Å²) in [7, 11) is 0. The second-order valence-electron chi connectivity index (χ2n) is 4.63. The molecule has 0 aliphatic heterocycles. The van der Waals surface area contributed by atoms with E-state index >= 15 is 0 Å². The molecule has 0 rings (SSSR count). The van der Waals surface area contributed by atoms with Crippen LogP contribution in [0.3, 0.4) is 0 Å². The minimum absolute atomic E-state index is 0.148. The van der Waals surface area contributed by atoms with E-state index in [-0.39, 0.29) is 12.2 Å². The number of rotatable bonds is 11. The second kappa shape index (κ2) is 10.2. The Morgan fingerprint density at radius 1 is 1.24 bits per heavy atom. The van der Waals surface area contributed by atoms with E-state index in [0.717, 1.165) is 24.6 Å². The molecule has 0 heterocycles. The molecule has 21 heavy (non-hydrogen) atoms. The summed E-state index contributed by atoms with van der Waals surface area (Å²) in [5.74, 6) is -4.33. The Bertz CT molecular complexity index is 302. The normalized spacial score (nSPS) is 15.0. The van der Waals surface area contributed by atoms with Crippen molar-refractivity contribution < 1.29 is 31.5 Å². The number of thioether (sulfide) groups is 1. The monoisotopic (exact) mass is 336 g/mol. The van der Waals surface area contributed by atoms with E-state index in [1.807, 2.05) is 6.92 Å². The standard InChI is InChI=1S/C13H21F5O2S/c1-3-4-7-20-12(19)9(2)21-8-5-6-13(17,18)10(14)11(15)16/h9-11H,3-8H2,1-2H3. The average Bonchev–Trinajstić information content (AvgIpc) is 2.42. The van der Waals surface area contributed by atoms with Gasteiger partial charge in [0.05, 0.1) is 11.9 Å². The fraction of sp³-hybridized carbons (Fsp3) is 0.923. The lowest BCUT2D eigenvalue weighted by atomic mass is 10.1. The van der Waals surface area contributed by atoms with Gasteiger partial charge in [0.15, 0.2) is 0 Å². The van der Waals surface area contributed by atoms with Gasteiger partial charge in [0.25, 0.3) is 12.3 Å². The first-order valence-electron chi connectivity index (χ1n) is 6.80. The molecule has 8 heteroatoms. The molecule has 0 aliphatic rings. The number of hydrogen-bond donors (Lipinski definition) is 0. The van der Waals surface area contributed by atoms with Crippen LogP contribution in [-0.4, -0.2) is 42.1 Å². The number of unbranched alkanes of at least 4 members (excludes halogenated alkanes) is 1. The lowest BCUT2D eigenvalue weighted by Crippen LogP contribution is -2.35. The molecule has 0 fully saturated rings. The predicted octanol–water partition coefficient (Wildman–Crippen LogP) is 4.47. The number of ether oxygens (including phenoxy) is 1. The van der Waals surface area contributed by atoms with E-state index in [0.29, 0.717) is 6.61 Å². The first-order chi connectivity index (χ1) is 9.72. The van der Waals surface area contributed by atoms with Crippen LogP contribution in [0.4, 0.5) is 22.0 Å². The maximum atomic E-state index is 13.0. The topological polar surface area (TPSA) is 26.3 Å². The van der Waals surface area contributed by atoms with E-state index in [2.05, 4.69) is 0 Å².